The van der Waals surface area contributed by atoms with Crippen molar-refractivity contribution in [1.29, 1.82) is 0 Å². The lowest BCUT2D eigenvalue weighted by Gasteiger charge is -2.12. The van der Waals surface area contributed by atoms with Gasteiger partial charge in [-0.2, -0.15) is 5.10 Å². The van der Waals surface area contributed by atoms with Gasteiger partial charge in [-0.3, -0.25) is 9.59 Å². The molecular formula is C18H26N6O2. The van der Waals surface area contributed by atoms with Crippen molar-refractivity contribution in [2.24, 2.45) is 5.73 Å². The SMILES string of the molecule is CC(C(=O)Nc1ccc(NC(=O)CCCCCCN)cc1)n1cncn1. The highest BCUT2D eigenvalue weighted by atomic mass is 16.2. The molecule has 0 saturated heterocycles. The topological polar surface area (TPSA) is 115 Å². The van der Waals surface area contributed by atoms with E-state index in [-0.39, 0.29) is 11.8 Å². The van der Waals surface area contributed by atoms with Gasteiger partial charge in [0.1, 0.15) is 18.7 Å². The number of rotatable bonds is 10. The van der Waals surface area contributed by atoms with Crippen LogP contribution in [-0.2, 0) is 9.59 Å². The van der Waals surface area contributed by atoms with Gasteiger partial charge < -0.3 is 16.4 Å². The number of nitrogens with two attached hydrogens (primary N) is 1. The van der Waals surface area contributed by atoms with Crippen LogP contribution in [0, 0.1) is 0 Å². The molecule has 26 heavy (non-hydrogen) atoms. The number of nitrogens with zero attached hydrogens (tertiary/aromatic N) is 3. The van der Waals surface area contributed by atoms with Crippen LogP contribution in [0.4, 0.5) is 11.4 Å². The van der Waals surface area contributed by atoms with Gasteiger partial charge in [0.15, 0.2) is 0 Å². The summed E-state index contributed by atoms with van der Waals surface area (Å²) >= 11 is 0. The molecule has 2 amide bonds. The summed E-state index contributed by atoms with van der Waals surface area (Å²) in [4.78, 5) is 27.9. The first kappa shape index (κ1) is 19.6. The van der Waals surface area contributed by atoms with Gasteiger partial charge in [-0.15, -0.1) is 0 Å². The van der Waals surface area contributed by atoms with Crippen LogP contribution in [0.2, 0.25) is 0 Å². The van der Waals surface area contributed by atoms with Crippen LogP contribution >= 0.6 is 0 Å². The predicted molar refractivity (Wildman–Crippen MR) is 101 cm³/mol. The quantitative estimate of drug-likeness (QED) is 0.564. The summed E-state index contributed by atoms with van der Waals surface area (Å²) in [5.41, 5.74) is 6.81. The molecule has 8 heteroatoms. The van der Waals surface area contributed by atoms with Crippen LogP contribution in [0.3, 0.4) is 0 Å². The van der Waals surface area contributed by atoms with Crippen LogP contribution in [0.5, 0.6) is 0 Å². The third-order valence-corrected chi connectivity index (χ3v) is 4.01. The Morgan fingerprint density at radius 1 is 1.08 bits per heavy atom. The maximum absolute atomic E-state index is 12.2. The molecule has 1 unspecified atom stereocenters. The van der Waals surface area contributed by atoms with Crippen LogP contribution in [0.25, 0.3) is 0 Å². The number of hydrogen-bond donors (Lipinski definition) is 3. The molecule has 2 rings (SSSR count). The molecule has 0 aliphatic carbocycles. The minimum atomic E-state index is -0.462. The zero-order valence-corrected chi connectivity index (χ0v) is 15.0. The maximum atomic E-state index is 12.2. The van der Waals surface area contributed by atoms with E-state index in [1.165, 1.54) is 17.3 Å². The zero-order valence-electron chi connectivity index (χ0n) is 15.0. The van der Waals surface area contributed by atoms with Crippen molar-refractivity contribution in [3.05, 3.63) is 36.9 Å². The van der Waals surface area contributed by atoms with E-state index in [2.05, 4.69) is 20.7 Å². The second-order valence-corrected chi connectivity index (χ2v) is 6.12. The number of nitrogens with one attached hydrogen (secondary N) is 2. The van der Waals surface area contributed by atoms with Crippen LogP contribution in [-0.4, -0.2) is 33.1 Å². The zero-order chi connectivity index (χ0) is 18.8. The van der Waals surface area contributed by atoms with Gasteiger partial charge in [-0.25, -0.2) is 9.67 Å². The Bertz CT molecular complexity index is 684. The second kappa shape index (κ2) is 10.3. The van der Waals surface area contributed by atoms with Crippen molar-refractivity contribution >= 4 is 23.2 Å². The van der Waals surface area contributed by atoms with Crippen LogP contribution < -0.4 is 16.4 Å². The van der Waals surface area contributed by atoms with Gasteiger partial charge in [-0.05, 0) is 50.6 Å². The van der Waals surface area contributed by atoms with Gasteiger partial charge in [0.05, 0.1) is 0 Å². The van der Waals surface area contributed by atoms with E-state index in [4.69, 9.17) is 5.73 Å². The van der Waals surface area contributed by atoms with Gasteiger partial charge in [0, 0.05) is 17.8 Å². The molecule has 0 fully saturated rings. The molecule has 1 aromatic carbocycles. The highest BCUT2D eigenvalue weighted by Gasteiger charge is 2.15. The van der Waals surface area contributed by atoms with Crippen LogP contribution in [0.15, 0.2) is 36.9 Å². The number of unbranched alkanes of at least 4 members (excludes halogenated alkanes) is 3. The second-order valence-electron chi connectivity index (χ2n) is 6.12. The van der Waals surface area contributed by atoms with Gasteiger partial charge in [0.25, 0.3) is 0 Å². The first-order valence-electron chi connectivity index (χ1n) is 8.85. The normalized spacial score (nSPS) is 11.8. The number of carbonyl (C=O) groups excluding carboxylic acids is 2. The summed E-state index contributed by atoms with van der Waals surface area (Å²) in [6.07, 6.45) is 7.33. The molecule has 0 bridgehead atoms. The molecule has 1 aromatic heterocycles. The fourth-order valence-electron chi connectivity index (χ4n) is 2.43. The highest BCUT2D eigenvalue weighted by molar-refractivity contribution is 5.94. The Kier molecular flexibility index (Phi) is 7.75. The summed E-state index contributed by atoms with van der Waals surface area (Å²) in [5, 5.41) is 9.63. The molecule has 0 aliphatic heterocycles. The fraction of sp³-hybridized carbons (Fsp3) is 0.444. The van der Waals surface area contributed by atoms with Crippen molar-refractivity contribution in [1.82, 2.24) is 14.8 Å². The van der Waals surface area contributed by atoms with Crippen molar-refractivity contribution in [3.63, 3.8) is 0 Å². The van der Waals surface area contributed by atoms with Gasteiger partial charge in [-0.1, -0.05) is 12.8 Å². The monoisotopic (exact) mass is 358 g/mol. The number of anilines is 2. The molecule has 0 spiro atoms. The van der Waals surface area contributed by atoms with Crippen LogP contribution in [0.1, 0.15) is 45.1 Å². The predicted octanol–water partition coefficient (Wildman–Crippen LogP) is 2.33. The summed E-state index contributed by atoms with van der Waals surface area (Å²) in [6.45, 7) is 2.44. The average Bonchev–Trinajstić information content (AvgIpc) is 3.17. The van der Waals surface area contributed by atoms with E-state index < -0.39 is 6.04 Å². The van der Waals surface area contributed by atoms with E-state index >= 15 is 0 Å². The van der Waals surface area contributed by atoms with E-state index in [1.807, 2.05) is 0 Å². The molecule has 1 atom stereocenters. The Balaban J connectivity index is 1.77. The van der Waals surface area contributed by atoms with Gasteiger partial charge >= 0.3 is 0 Å². The standard InChI is InChI=1S/C18H26N6O2/c1-14(24-13-20-12-21-24)18(26)23-16-9-7-15(8-10-16)22-17(25)6-4-2-3-5-11-19/h7-10,12-14H,2-6,11,19H2,1H3,(H,22,25)(H,23,26). The molecule has 1 heterocycles. The van der Waals surface area contributed by atoms with E-state index in [0.717, 1.165) is 25.7 Å². The van der Waals surface area contributed by atoms with E-state index in [9.17, 15) is 9.59 Å². The lowest BCUT2D eigenvalue weighted by molar-refractivity contribution is -0.119. The van der Waals surface area contributed by atoms with E-state index in [1.54, 1.807) is 31.2 Å². The number of carbonyl (C=O) groups is 2. The molecule has 140 valence electrons. The van der Waals surface area contributed by atoms with Crippen molar-refractivity contribution < 1.29 is 9.59 Å². The molecule has 2 aromatic rings. The third-order valence-electron chi connectivity index (χ3n) is 4.01. The Labute approximate surface area is 153 Å². The number of hydrogen-bond acceptors (Lipinski definition) is 5. The first-order valence-corrected chi connectivity index (χ1v) is 8.85. The summed E-state index contributed by atoms with van der Waals surface area (Å²) in [5.74, 6) is -0.195. The maximum Gasteiger partial charge on any atom is 0.249 e. The molecule has 0 saturated carbocycles. The van der Waals surface area contributed by atoms with Crippen molar-refractivity contribution in [2.45, 2.75) is 45.1 Å². The molecule has 0 radical (unpaired) electrons. The lowest BCUT2D eigenvalue weighted by atomic mass is 10.1. The smallest absolute Gasteiger partial charge is 0.249 e. The highest BCUT2D eigenvalue weighted by Crippen LogP contribution is 2.16. The van der Waals surface area contributed by atoms with Crippen molar-refractivity contribution in [3.8, 4) is 0 Å². The Morgan fingerprint density at radius 2 is 1.73 bits per heavy atom. The minimum Gasteiger partial charge on any atom is -0.330 e. The Hall–Kier alpha value is -2.74. The summed E-state index contributed by atoms with van der Waals surface area (Å²) in [6, 6.07) is 6.58. The van der Waals surface area contributed by atoms with Crippen molar-refractivity contribution in [2.75, 3.05) is 17.2 Å². The first-order chi connectivity index (χ1) is 12.6. The average molecular weight is 358 g/mol. The fourth-order valence-corrected chi connectivity index (χ4v) is 2.43. The Morgan fingerprint density at radius 3 is 2.35 bits per heavy atom. The number of benzene rings is 1. The molecular weight excluding hydrogens is 332 g/mol. The molecule has 4 N–H and O–H groups in total. The third kappa shape index (κ3) is 6.29. The summed E-state index contributed by atoms with van der Waals surface area (Å²) < 4.78 is 1.48. The summed E-state index contributed by atoms with van der Waals surface area (Å²) in [7, 11) is 0. The minimum absolute atomic E-state index is 0.00524. The lowest BCUT2D eigenvalue weighted by Crippen LogP contribution is -2.24. The molecule has 0 aliphatic rings. The van der Waals surface area contributed by atoms with Gasteiger partial charge in [0.2, 0.25) is 11.8 Å². The largest absolute Gasteiger partial charge is 0.330 e. The molecule has 8 nitrogen and oxygen atoms in total. The number of aromatic nitrogens is 3. The number of amides is 2. The van der Waals surface area contributed by atoms with E-state index in [0.29, 0.717) is 24.3 Å².